The van der Waals surface area contributed by atoms with Crippen LogP contribution in [0.1, 0.15) is 24.0 Å². The molecule has 5 nitrogen and oxygen atoms in total. The van der Waals surface area contributed by atoms with Crippen molar-refractivity contribution in [2.24, 2.45) is 0 Å². The lowest BCUT2D eigenvalue weighted by molar-refractivity contribution is 0.504. The molecule has 0 unspecified atom stereocenters. The second kappa shape index (κ2) is 4.49. The average molecular weight is 220 g/mol. The van der Waals surface area contributed by atoms with Crippen LogP contribution in [0.2, 0.25) is 0 Å². The Kier molecular flexibility index (Phi) is 3.05. The van der Waals surface area contributed by atoms with Crippen LogP contribution in [0.3, 0.4) is 0 Å². The molecule has 1 N–H and O–H groups in total. The molecule has 0 amide bonds. The number of hydrogen-bond donors (Lipinski definition) is 1. The molecule has 2 heterocycles. The summed E-state index contributed by atoms with van der Waals surface area (Å²) >= 11 is 0. The second-order valence-electron chi connectivity index (χ2n) is 3.74. The molecular weight excluding hydrogens is 204 g/mol. The van der Waals surface area contributed by atoms with Gasteiger partial charge in [0.05, 0.1) is 11.4 Å². The quantitative estimate of drug-likeness (QED) is 0.850. The molecule has 0 radical (unpaired) electrons. The molecule has 2 aromatic rings. The van der Waals surface area contributed by atoms with Crippen LogP contribution in [0, 0.1) is 13.8 Å². The summed E-state index contributed by atoms with van der Waals surface area (Å²) in [5, 5.41) is 7.51. The van der Waals surface area contributed by atoms with Crippen molar-refractivity contribution < 1.29 is 4.42 Å². The number of aromatic nitrogens is 3. The molecule has 0 saturated carbocycles. The maximum atomic E-state index is 5.39. The molecule has 0 spiro atoms. The van der Waals surface area contributed by atoms with Crippen LogP contribution in [-0.2, 0) is 6.54 Å². The van der Waals surface area contributed by atoms with E-state index in [9.17, 15) is 0 Å². The van der Waals surface area contributed by atoms with Crippen molar-refractivity contribution in [1.29, 1.82) is 0 Å². The van der Waals surface area contributed by atoms with Crippen molar-refractivity contribution >= 4 is 0 Å². The highest BCUT2D eigenvalue weighted by atomic mass is 16.4. The molecule has 0 atom stereocenters. The minimum absolute atomic E-state index is 0.526. The third kappa shape index (κ3) is 2.14. The van der Waals surface area contributed by atoms with Crippen molar-refractivity contribution in [2.45, 2.75) is 27.3 Å². The van der Waals surface area contributed by atoms with E-state index >= 15 is 0 Å². The smallest absolute Gasteiger partial charge is 0.323 e. The average Bonchev–Trinajstić information content (AvgIpc) is 2.82. The van der Waals surface area contributed by atoms with E-state index in [4.69, 9.17) is 4.42 Å². The summed E-state index contributed by atoms with van der Waals surface area (Å²) in [5.74, 6) is 0. The van der Waals surface area contributed by atoms with Crippen molar-refractivity contribution in [3.8, 4) is 6.01 Å². The van der Waals surface area contributed by atoms with Gasteiger partial charge in [-0.15, -0.1) is 0 Å². The van der Waals surface area contributed by atoms with E-state index in [2.05, 4.69) is 22.3 Å². The predicted molar refractivity (Wildman–Crippen MR) is 60.5 cm³/mol. The van der Waals surface area contributed by atoms with Gasteiger partial charge in [-0.05, 0) is 26.5 Å². The Morgan fingerprint density at radius 1 is 1.44 bits per heavy atom. The maximum absolute atomic E-state index is 5.39. The lowest BCUT2D eigenvalue weighted by Gasteiger charge is -1.96. The summed E-state index contributed by atoms with van der Waals surface area (Å²) < 4.78 is 7.10. The Morgan fingerprint density at radius 3 is 2.88 bits per heavy atom. The second-order valence-corrected chi connectivity index (χ2v) is 3.74. The van der Waals surface area contributed by atoms with Crippen molar-refractivity contribution in [1.82, 2.24) is 20.1 Å². The van der Waals surface area contributed by atoms with Gasteiger partial charge in [-0.25, -0.2) is 0 Å². The van der Waals surface area contributed by atoms with Crippen LogP contribution in [0.15, 0.2) is 16.7 Å². The Bertz CT molecular complexity index is 472. The molecule has 0 fully saturated rings. The zero-order valence-electron chi connectivity index (χ0n) is 9.82. The molecule has 2 rings (SSSR count). The van der Waals surface area contributed by atoms with E-state index in [-0.39, 0.29) is 0 Å². The van der Waals surface area contributed by atoms with Crippen LogP contribution in [0.5, 0.6) is 0 Å². The lowest BCUT2D eigenvalue weighted by atomic mass is 10.4. The number of hydrogen-bond acceptors (Lipinski definition) is 4. The number of nitrogens with zero attached hydrogens (tertiary/aromatic N) is 3. The number of aryl methyl sites for hydroxylation is 2. The Labute approximate surface area is 94.5 Å². The molecule has 0 aliphatic heterocycles. The van der Waals surface area contributed by atoms with Crippen molar-refractivity contribution in [2.75, 3.05) is 6.54 Å². The number of rotatable bonds is 4. The van der Waals surface area contributed by atoms with Gasteiger partial charge < -0.3 is 9.73 Å². The fourth-order valence-corrected chi connectivity index (χ4v) is 1.55. The molecule has 0 aromatic carbocycles. The predicted octanol–water partition coefficient (Wildman–Crippen LogP) is 1.59. The molecule has 0 saturated heterocycles. The van der Waals surface area contributed by atoms with Crippen LogP contribution >= 0.6 is 0 Å². The Balaban J connectivity index is 2.21. The Hall–Kier alpha value is -1.62. The van der Waals surface area contributed by atoms with Gasteiger partial charge >= 0.3 is 6.01 Å². The first kappa shape index (κ1) is 10.9. The summed E-state index contributed by atoms with van der Waals surface area (Å²) in [6.07, 6.45) is 1.66. The first-order valence-electron chi connectivity index (χ1n) is 5.39. The zero-order chi connectivity index (χ0) is 11.5. The third-order valence-corrected chi connectivity index (χ3v) is 2.29. The first-order chi connectivity index (χ1) is 7.70. The summed E-state index contributed by atoms with van der Waals surface area (Å²) in [4.78, 5) is 4.36. The summed E-state index contributed by atoms with van der Waals surface area (Å²) in [7, 11) is 0. The van der Waals surface area contributed by atoms with Crippen LogP contribution < -0.4 is 5.32 Å². The van der Waals surface area contributed by atoms with Crippen LogP contribution in [0.25, 0.3) is 6.01 Å². The lowest BCUT2D eigenvalue weighted by Crippen LogP contribution is -2.12. The summed E-state index contributed by atoms with van der Waals surface area (Å²) in [5.41, 5.74) is 2.88. The largest absolute Gasteiger partial charge is 0.430 e. The molecule has 16 heavy (non-hydrogen) atoms. The first-order valence-corrected chi connectivity index (χ1v) is 5.39. The van der Waals surface area contributed by atoms with E-state index < -0.39 is 0 Å². The minimum atomic E-state index is 0.526. The van der Waals surface area contributed by atoms with Gasteiger partial charge in [0.25, 0.3) is 0 Å². The van der Waals surface area contributed by atoms with Gasteiger partial charge in [0.15, 0.2) is 0 Å². The molecule has 0 aliphatic carbocycles. The van der Waals surface area contributed by atoms with Crippen molar-refractivity contribution in [3.05, 3.63) is 29.4 Å². The van der Waals surface area contributed by atoms with Crippen LogP contribution in [-0.4, -0.2) is 21.3 Å². The van der Waals surface area contributed by atoms with Crippen LogP contribution in [0.4, 0.5) is 0 Å². The highest BCUT2D eigenvalue weighted by molar-refractivity contribution is 5.17. The van der Waals surface area contributed by atoms with E-state index in [0.29, 0.717) is 6.01 Å². The standard InChI is InChI=1S/C11H16N4O/c1-4-12-6-10-7-16-11(13-10)15-9(3)5-8(2)14-15/h5,7,12H,4,6H2,1-3H3. The van der Waals surface area contributed by atoms with Gasteiger partial charge in [-0.2, -0.15) is 14.8 Å². The fourth-order valence-electron chi connectivity index (χ4n) is 1.55. The van der Waals surface area contributed by atoms with E-state index in [0.717, 1.165) is 30.2 Å². The van der Waals surface area contributed by atoms with E-state index in [1.807, 2.05) is 19.9 Å². The molecule has 5 heteroatoms. The molecular formula is C11H16N4O. The Morgan fingerprint density at radius 2 is 2.25 bits per heavy atom. The molecule has 0 aliphatic rings. The SMILES string of the molecule is CCNCc1coc(-n2nc(C)cc2C)n1. The molecule has 86 valence electrons. The van der Waals surface area contributed by atoms with Gasteiger partial charge in [-0.3, -0.25) is 0 Å². The molecule has 2 aromatic heterocycles. The third-order valence-electron chi connectivity index (χ3n) is 2.29. The van der Waals surface area contributed by atoms with Crippen molar-refractivity contribution in [3.63, 3.8) is 0 Å². The highest BCUT2D eigenvalue weighted by Gasteiger charge is 2.09. The highest BCUT2D eigenvalue weighted by Crippen LogP contribution is 2.11. The monoisotopic (exact) mass is 220 g/mol. The maximum Gasteiger partial charge on any atom is 0.323 e. The van der Waals surface area contributed by atoms with E-state index in [1.165, 1.54) is 0 Å². The van der Waals surface area contributed by atoms with Gasteiger partial charge in [0.2, 0.25) is 0 Å². The topological polar surface area (TPSA) is 55.9 Å². The number of oxazole rings is 1. The minimum Gasteiger partial charge on any atom is -0.430 e. The number of nitrogens with one attached hydrogen (secondary N) is 1. The van der Waals surface area contributed by atoms with Gasteiger partial charge in [0.1, 0.15) is 6.26 Å². The normalized spacial score (nSPS) is 10.9. The van der Waals surface area contributed by atoms with Gasteiger partial charge in [0, 0.05) is 12.2 Å². The van der Waals surface area contributed by atoms with E-state index in [1.54, 1.807) is 10.9 Å². The fraction of sp³-hybridized carbons (Fsp3) is 0.455. The molecule has 0 bridgehead atoms. The summed E-state index contributed by atoms with van der Waals surface area (Å²) in [6, 6.07) is 2.52. The zero-order valence-corrected chi connectivity index (χ0v) is 9.82. The summed E-state index contributed by atoms with van der Waals surface area (Å²) in [6.45, 7) is 7.63. The van der Waals surface area contributed by atoms with Gasteiger partial charge in [-0.1, -0.05) is 6.92 Å².